The lowest BCUT2D eigenvalue weighted by atomic mass is 9.71. The Bertz CT molecular complexity index is 1160. The number of aliphatic hydroxyl groups is 1. The van der Waals surface area contributed by atoms with Crippen molar-refractivity contribution in [3.8, 4) is 0 Å². The zero-order valence-corrected chi connectivity index (χ0v) is 28.2. The molecule has 0 amide bonds. The molecule has 1 atom stereocenters. The lowest BCUT2D eigenvalue weighted by Crippen LogP contribution is -2.28. The van der Waals surface area contributed by atoms with Crippen LogP contribution in [0.15, 0.2) is 105 Å². The second kappa shape index (κ2) is 16.3. The number of rotatable bonds is 12. The average Bonchev–Trinajstić information content (AvgIpc) is 2.84. The standard InChI is InChI=1S/C40H60O/c1-30(18-13-20-32(3)23-25-37-34(5)22-15-27-39(37,7)8)16-11-12-17-31(2)19-14-21-33(4)24-26-38-35(6)28-36(41)29-40(38,9)10/h11-13,16-18,20-21,24,26,36,41H,14-15,19,22-23,25,27-29H2,1-10H3/b12-11+,18-13+,26-24-,30-16+,31-17+,32-20+,33-21+/t36-/m0/s1. The van der Waals surface area contributed by atoms with Crippen LogP contribution in [0, 0.1) is 10.8 Å². The lowest BCUT2D eigenvalue weighted by Gasteiger charge is -2.35. The van der Waals surface area contributed by atoms with Gasteiger partial charge < -0.3 is 5.11 Å². The third kappa shape index (κ3) is 12.2. The Kier molecular flexibility index (Phi) is 13.8. The molecule has 41 heavy (non-hydrogen) atoms. The number of hydrogen-bond donors (Lipinski definition) is 1. The van der Waals surface area contributed by atoms with Crippen molar-refractivity contribution in [3.63, 3.8) is 0 Å². The number of aliphatic hydroxyl groups excluding tert-OH is 1. The molecule has 0 saturated heterocycles. The molecular weight excluding hydrogens is 496 g/mol. The molecule has 0 unspecified atom stereocenters. The van der Waals surface area contributed by atoms with Crippen LogP contribution in [0.1, 0.15) is 127 Å². The molecule has 2 rings (SSSR count). The van der Waals surface area contributed by atoms with Gasteiger partial charge in [0.05, 0.1) is 6.10 Å². The van der Waals surface area contributed by atoms with Gasteiger partial charge in [-0.2, -0.15) is 0 Å². The van der Waals surface area contributed by atoms with E-state index < -0.39 is 0 Å². The fourth-order valence-electron chi connectivity index (χ4n) is 6.55. The Morgan fingerprint density at radius 2 is 1.46 bits per heavy atom. The van der Waals surface area contributed by atoms with E-state index in [1.54, 1.807) is 11.1 Å². The molecule has 226 valence electrons. The molecule has 2 aliphatic carbocycles. The summed E-state index contributed by atoms with van der Waals surface area (Å²) in [6.45, 7) is 22.6. The summed E-state index contributed by atoms with van der Waals surface area (Å²) in [4.78, 5) is 0. The van der Waals surface area contributed by atoms with E-state index in [0.717, 1.165) is 32.1 Å². The monoisotopic (exact) mass is 556 g/mol. The van der Waals surface area contributed by atoms with Gasteiger partial charge in [-0.05, 0) is 116 Å². The van der Waals surface area contributed by atoms with Crippen molar-refractivity contribution in [1.82, 2.24) is 0 Å². The predicted octanol–water partition coefficient (Wildman–Crippen LogP) is 12.0. The third-order valence-electron chi connectivity index (χ3n) is 9.04. The molecule has 0 aliphatic heterocycles. The Morgan fingerprint density at radius 1 is 0.805 bits per heavy atom. The molecule has 0 aromatic rings. The molecule has 0 fully saturated rings. The number of hydrogen-bond acceptors (Lipinski definition) is 1. The average molecular weight is 557 g/mol. The molecule has 0 heterocycles. The van der Waals surface area contributed by atoms with Crippen LogP contribution >= 0.6 is 0 Å². The van der Waals surface area contributed by atoms with Gasteiger partial charge >= 0.3 is 0 Å². The summed E-state index contributed by atoms with van der Waals surface area (Å²) in [6.07, 6.45) is 32.1. The molecule has 1 heteroatoms. The molecule has 1 nitrogen and oxygen atoms in total. The first-order valence-electron chi connectivity index (χ1n) is 16.0. The smallest absolute Gasteiger partial charge is 0.0585 e. The van der Waals surface area contributed by atoms with Crippen LogP contribution in [-0.4, -0.2) is 11.2 Å². The largest absolute Gasteiger partial charge is 0.393 e. The van der Waals surface area contributed by atoms with Gasteiger partial charge in [-0.15, -0.1) is 0 Å². The molecule has 1 N–H and O–H groups in total. The van der Waals surface area contributed by atoms with E-state index in [1.807, 2.05) is 0 Å². The van der Waals surface area contributed by atoms with Crippen LogP contribution in [0.25, 0.3) is 0 Å². The summed E-state index contributed by atoms with van der Waals surface area (Å²) in [7, 11) is 0. The Morgan fingerprint density at radius 3 is 2.15 bits per heavy atom. The Balaban J connectivity index is 1.80. The van der Waals surface area contributed by atoms with E-state index in [4.69, 9.17) is 0 Å². The van der Waals surface area contributed by atoms with E-state index in [1.165, 1.54) is 59.1 Å². The summed E-state index contributed by atoms with van der Waals surface area (Å²) in [5.74, 6) is 0. The van der Waals surface area contributed by atoms with Crippen LogP contribution in [-0.2, 0) is 0 Å². The van der Waals surface area contributed by atoms with Gasteiger partial charge in [0.2, 0.25) is 0 Å². The number of allylic oxidation sites excluding steroid dienone is 17. The summed E-state index contributed by atoms with van der Waals surface area (Å²) in [5.41, 5.74) is 11.8. The fourth-order valence-corrected chi connectivity index (χ4v) is 6.55. The zero-order valence-electron chi connectivity index (χ0n) is 28.2. The lowest BCUT2D eigenvalue weighted by molar-refractivity contribution is 0.116. The second-order valence-corrected chi connectivity index (χ2v) is 14.1. The molecule has 2 aliphatic rings. The zero-order chi connectivity index (χ0) is 30.6. The van der Waals surface area contributed by atoms with Gasteiger partial charge in [0.25, 0.3) is 0 Å². The van der Waals surface area contributed by atoms with Gasteiger partial charge in [0.15, 0.2) is 0 Å². The van der Waals surface area contributed by atoms with Crippen LogP contribution in [0.3, 0.4) is 0 Å². The molecule has 0 radical (unpaired) electrons. The molecule has 0 bridgehead atoms. The molecule has 0 saturated carbocycles. The van der Waals surface area contributed by atoms with Crippen LogP contribution in [0.4, 0.5) is 0 Å². The maximum atomic E-state index is 10.1. The van der Waals surface area contributed by atoms with Crippen molar-refractivity contribution in [3.05, 3.63) is 105 Å². The van der Waals surface area contributed by atoms with Crippen molar-refractivity contribution >= 4 is 0 Å². The third-order valence-corrected chi connectivity index (χ3v) is 9.04. The highest BCUT2D eigenvalue weighted by Crippen LogP contribution is 2.43. The van der Waals surface area contributed by atoms with Crippen molar-refractivity contribution in [1.29, 1.82) is 0 Å². The van der Waals surface area contributed by atoms with Gasteiger partial charge in [0.1, 0.15) is 0 Å². The van der Waals surface area contributed by atoms with Gasteiger partial charge in [0, 0.05) is 0 Å². The van der Waals surface area contributed by atoms with Gasteiger partial charge in [-0.3, -0.25) is 0 Å². The van der Waals surface area contributed by atoms with Crippen molar-refractivity contribution in [2.45, 2.75) is 133 Å². The van der Waals surface area contributed by atoms with Crippen LogP contribution in [0.2, 0.25) is 0 Å². The quantitative estimate of drug-likeness (QED) is 0.187. The topological polar surface area (TPSA) is 20.2 Å². The van der Waals surface area contributed by atoms with Crippen molar-refractivity contribution in [2.75, 3.05) is 0 Å². The summed E-state index contributed by atoms with van der Waals surface area (Å²) in [6, 6.07) is 0. The minimum atomic E-state index is -0.207. The summed E-state index contributed by atoms with van der Waals surface area (Å²) in [5, 5.41) is 10.1. The van der Waals surface area contributed by atoms with Crippen LogP contribution in [0.5, 0.6) is 0 Å². The van der Waals surface area contributed by atoms with Crippen LogP contribution < -0.4 is 0 Å². The predicted molar refractivity (Wildman–Crippen MR) is 183 cm³/mol. The SMILES string of the molecule is CC1=C(/C=C\C(C)=C\CC/C(C)=C/C=C/C=C(C)/C=C/C=C(\C)CCC2=C(C)CCCC2(C)C)C(C)(C)C[C@@H](O)C1. The highest BCUT2D eigenvalue weighted by molar-refractivity contribution is 5.37. The van der Waals surface area contributed by atoms with E-state index >= 15 is 0 Å². The summed E-state index contributed by atoms with van der Waals surface area (Å²) >= 11 is 0. The second-order valence-electron chi connectivity index (χ2n) is 14.1. The van der Waals surface area contributed by atoms with E-state index in [9.17, 15) is 5.11 Å². The Hall–Kier alpha value is -2.38. The van der Waals surface area contributed by atoms with E-state index in [-0.39, 0.29) is 11.5 Å². The minimum absolute atomic E-state index is 0.0334. The minimum Gasteiger partial charge on any atom is -0.393 e. The first-order valence-corrected chi connectivity index (χ1v) is 16.0. The molecule has 0 aromatic heterocycles. The fraction of sp³-hybridized carbons (Fsp3) is 0.550. The first kappa shape index (κ1) is 34.8. The Labute approximate surface area is 254 Å². The first-order chi connectivity index (χ1) is 19.2. The molecule has 0 spiro atoms. The maximum absolute atomic E-state index is 10.1. The van der Waals surface area contributed by atoms with Gasteiger partial charge in [-0.1, -0.05) is 127 Å². The summed E-state index contributed by atoms with van der Waals surface area (Å²) < 4.78 is 0. The maximum Gasteiger partial charge on any atom is 0.0585 e. The van der Waals surface area contributed by atoms with E-state index in [0.29, 0.717) is 5.41 Å². The highest BCUT2D eigenvalue weighted by atomic mass is 16.3. The highest BCUT2D eigenvalue weighted by Gasteiger charge is 2.31. The normalized spacial score (nSPS) is 23.1. The molecule has 0 aromatic carbocycles. The van der Waals surface area contributed by atoms with E-state index in [2.05, 4.69) is 130 Å². The van der Waals surface area contributed by atoms with Gasteiger partial charge in [-0.25, -0.2) is 0 Å². The van der Waals surface area contributed by atoms with Crippen molar-refractivity contribution in [2.24, 2.45) is 10.8 Å². The van der Waals surface area contributed by atoms with Crippen molar-refractivity contribution < 1.29 is 5.11 Å². The molecular formula is C40H60O.